The molecule has 2 aromatic rings. The molecule has 0 amide bonds. The van der Waals surface area contributed by atoms with Gasteiger partial charge in [0.1, 0.15) is 5.82 Å². The van der Waals surface area contributed by atoms with Gasteiger partial charge < -0.3 is 10.8 Å². The maximum Gasteiger partial charge on any atom is 0.127 e. The Labute approximate surface area is 129 Å². The van der Waals surface area contributed by atoms with E-state index in [0.29, 0.717) is 17.0 Å². The van der Waals surface area contributed by atoms with Gasteiger partial charge in [-0.1, -0.05) is 47.5 Å². The number of nitrogens with two attached hydrogens (primary N) is 1. The van der Waals surface area contributed by atoms with Crippen molar-refractivity contribution in [1.82, 2.24) is 0 Å². The van der Waals surface area contributed by atoms with Crippen LogP contribution in [0.25, 0.3) is 0 Å². The summed E-state index contributed by atoms with van der Waals surface area (Å²) in [6.45, 7) is 2.08. The molecular formula is C17H19ClFNO. The van der Waals surface area contributed by atoms with Crippen molar-refractivity contribution in [3.63, 3.8) is 0 Å². The largest absolute Gasteiger partial charge is 0.395 e. The maximum absolute atomic E-state index is 14.0. The number of benzene rings is 2. The van der Waals surface area contributed by atoms with E-state index in [1.807, 2.05) is 31.2 Å². The smallest absolute Gasteiger partial charge is 0.127 e. The highest BCUT2D eigenvalue weighted by atomic mass is 35.5. The van der Waals surface area contributed by atoms with Crippen molar-refractivity contribution in [3.8, 4) is 0 Å². The summed E-state index contributed by atoms with van der Waals surface area (Å²) in [5.74, 6) is -0.374. The van der Waals surface area contributed by atoms with Crippen LogP contribution in [0.5, 0.6) is 0 Å². The molecule has 3 N–H and O–H groups in total. The zero-order valence-corrected chi connectivity index (χ0v) is 12.7. The molecule has 0 spiro atoms. The number of aliphatic hydroxyl groups excluding tert-OH is 1. The normalized spacial score (nSPS) is 14.0. The molecule has 0 saturated heterocycles. The summed E-state index contributed by atoms with van der Waals surface area (Å²) in [6, 6.07) is 12.4. The molecule has 0 aliphatic rings. The highest BCUT2D eigenvalue weighted by Crippen LogP contribution is 2.29. The van der Waals surface area contributed by atoms with Crippen LogP contribution in [0, 0.1) is 12.7 Å². The van der Waals surface area contributed by atoms with E-state index in [9.17, 15) is 9.50 Å². The Morgan fingerprint density at radius 2 is 1.86 bits per heavy atom. The summed E-state index contributed by atoms with van der Waals surface area (Å²) in [7, 11) is 0. The molecule has 2 aromatic carbocycles. The average molecular weight is 308 g/mol. The Hall–Kier alpha value is -1.42. The second-order valence-electron chi connectivity index (χ2n) is 5.42. The highest BCUT2D eigenvalue weighted by Gasteiger charge is 2.31. The van der Waals surface area contributed by atoms with Gasteiger partial charge in [0.05, 0.1) is 6.61 Å². The Balaban J connectivity index is 2.40. The summed E-state index contributed by atoms with van der Waals surface area (Å²) in [5.41, 5.74) is 7.75. The minimum absolute atomic E-state index is 0.144. The first-order valence-electron chi connectivity index (χ1n) is 6.83. The second-order valence-corrected chi connectivity index (χ2v) is 5.86. The Bertz CT molecular complexity index is 609. The van der Waals surface area contributed by atoms with E-state index in [1.165, 1.54) is 6.07 Å². The van der Waals surface area contributed by atoms with Gasteiger partial charge in [0.2, 0.25) is 0 Å². The van der Waals surface area contributed by atoms with Crippen LogP contribution in [-0.4, -0.2) is 18.3 Å². The number of aliphatic hydroxyl groups is 1. The zero-order valence-electron chi connectivity index (χ0n) is 11.9. The lowest BCUT2D eigenvalue weighted by Crippen LogP contribution is -2.41. The van der Waals surface area contributed by atoms with Gasteiger partial charge in [-0.2, -0.15) is 0 Å². The third-order valence-corrected chi connectivity index (χ3v) is 4.14. The van der Waals surface area contributed by atoms with Gasteiger partial charge in [-0.25, -0.2) is 4.39 Å². The summed E-state index contributed by atoms with van der Waals surface area (Å²) in [6.07, 6.45) is 0.325. The van der Waals surface area contributed by atoms with Crippen molar-refractivity contribution < 1.29 is 9.50 Å². The molecule has 2 rings (SSSR count). The van der Waals surface area contributed by atoms with Crippen LogP contribution in [0.15, 0.2) is 42.5 Å². The topological polar surface area (TPSA) is 46.2 Å². The van der Waals surface area contributed by atoms with Gasteiger partial charge in [-0.15, -0.1) is 0 Å². The molecule has 0 fully saturated rings. The van der Waals surface area contributed by atoms with Crippen LogP contribution in [0.4, 0.5) is 4.39 Å². The van der Waals surface area contributed by atoms with Crippen LogP contribution in [0.2, 0.25) is 5.02 Å². The first-order valence-corrected chi connectivity index (χ1v) is 7.20. The zero-order chi connectivity index (χ0) is 15.5. The van der Waals surface area contributed by atoms with Crippen molar-refractivity contribution >= 4 is 11.6 Å². The molecule has 21 heavy (non-hydrogen) atoms. The molecule has 1 unspecified atom stereocenters. The van der Waals surface area contributed by atoms with Crippen LogP contribution in [0.1, 0.15) is 16.7 Å². The lowest BCUT2D eigenvalue weighted by Gasteiger charge is -2.31. The maximum atomic E-state index is 14.0. The van der Waals surface area contributed by atoms with Crippen LogP contribution < -0.4 is 5.73 Å². The van der Waals surface area contributed by atoms with Crippen molar-refractivity contribution in [1.29, 1.82) is 0 Å². The molecule has 1 atom stereocenters. The summed E-state index contributed by atoms with van der Waals surface area (Å²) < 4.78 is 14.0. The first kappa shape index (κ1) is 16.0. The average Bonchev–Trinajstić information content (AvgIpc) is 2.48. The molecule has 0 heterocycles. The van der Waals surface area contributed by atoms with E-state index in [-0.39, 0.29) is 19.0 Å². The van der Waals surface area contributed by atoms with E-state index in [0.717, 1.165) is 11.1 Å². The summed E-state index contributed by atoms with van der Waals surface area (Å²) >= 11 is 5.78. The van der Waals surface area contributed by atoms with Crippen molar-refractivity contribution in [2.24, 2.45) is 5.73 Å². The fraction of sp³-hybridized carbons (Fsp3) is 0.294. The van der Waals surface area contributed by atoms with Crippen LogP contribution >= 0.6 is 11.6 Å². The third kappa shape index (κ3) is 3.43. The fourth-order valence-corrected chi connectivity index (χ4v) is 2.60. The van der Waals surface area contributed by atoms with Crippen molar-refractivity contribution in [2.75, 3.05) is 13.2 Å². The third-order valence-electron chi connectivity index (χ3n) is 3.90. The second kappa shape index (κ2) is 6.56. The molecule has 0 aromatic heterocycles. The van der Waals surface area contributed by atoms with Gasteiger partial charge in [-0.3, -0.25) is 0 Å². The van der Waals surface area contributed by atoms with E-state index < -0.39 is 5.41 Å². The molecule has 112 valence electrons. The van der Waals surface area contributed by atoms with Crippen molar-refractivity contribution in [3.05, 3.63) is 70.0 Å². The Morgan fingerprint density at radius 1 is 1.19 bits per heavy atom. The highest BCUT2D eigenvalue weighted by molar-refractivity contribution is 6.30. The predicted molar refractivity (Wildman–Crippen MR) is 84.1 cm³/mol. The number of aryl methyl sites for hydroxylation is 1. The number of hydrogen-bond donors (Lipinski definition) is 2. The molecule has 0 saturated carbocycles. The number of rotatable bonds is 5. The standard InChI is InChI=1S/C17H19ClFNO/c1-12-2-5-14(6-3-12)17(10-20,11-21)9-13-4-7-15(18)8-16(13)19/h2-8,21H,9-11,20H2,1H3. The SMILES string of the molecule is Cc1ccc(C(CN)(CO)Cc2ccc(Cl)cc2F)cc1. The molecular weight excluding hydrogens is 289 g/mol. The number of halogens is 2. The van der Waals surface area contributed by atoms with E-state index in [4.69, 9.17) is 17.3 Å². The summed E-state index contributed by atoms with van der Waals surface area (Å²) in [5, 5.41) is 10.2. The van der Waals surface area contributed by atoms with Crippen LogP contribution in [-0.2, 0) is 11.8 Å². The molecule has 4 heteroatoms. The Morgan fingerprint density at radius 3 is 2.38 bits per heavy atom. The van der Waals surface area contributed by atoms with Gasteiger partial charge >= 0.3 is 0 Å². The van der Waals surface area contributed by atoms with Gasteiger partial charge in [0.25, 0.3) is 0 Å². The predicted octanol–water partition coefficient (Wildman–Crippen LogP) is 3.22. The Kier molecular flexibility index (Phi) is 4.99. The van der Waals surface area contributed by atoms with E-state index in [1.54, 1.807) is 12.1 Å². The van der Waals surface area contributed by atoms with Gasteiger partial charge in [-0.05, 0) is 36.6 Å². The molecule has 0 aliphatic heterocycles. The van der Waals surface area contributed by atoms with E-state index >= 15 is 0 Å². The first-order chi connectivity index (χ1) is 10.0. The quantitative estimate of drug-likeness (QED) is 0.891. The molecule has 2 nitrogen and oxygen atoms in total. The van der Waals surface area contributed by atoms with Crippen LogP contribution in [0.3, 0.4) is 0 Å². The van der Waals surface area contributed by atoms with Crippen molar-refractivity contribution in [2.45, 2.75) is 18.8 Å². The lowest BCUT2D eigenvalue weighted by molar-refractivity contribution is 0.195. The van der Waals surface area contributed by atoms with E-state index in [2.05, 4.69) is 0 Å². The minimum atomic E-state index is -0.692. The summed E-state index contributed by atoms with van der Waals surface area (Å²) in [4.78, 5) is 0. The lowest BCUT2D eigenvalue weighted by atomic mass is 9.76. The molecule has 0 radical (unpaired) electrons. The molecule has 0 bridgehead atoms. The van der Waals surface area contributed by atoms with Gasteiger partial charge in [0.15, 0.2) is 0 Å². The minimum Gasteiger partial charge on any atom is -0.395 e. The monoisotopic (exact) mass is 307 g/mol. The number of hydrogen-bond acceptors (Lipinski definition) is 2. The van der Waals surface area contributed by atoms with Gasteiger partial charge in [0, 0.05) is 17.0 Å². The molecule has 0 aliphatic carbocycles. The fourth-order valence-electron chi connectivity index (χ4n) is 2.44.